The molecular weight excluding hydrogens is 336 g/mol. The van der Waals surface area contributed by atoms with Crippen molar-refractivity contribution in [3.05, 3.63) is 58.5 Å². The molecule has 3 aromatic heterocycles. The van der Waals surface area contributed by atoms with Gasteiger partial charge in [-0.1, -0.05) is 18.2 Å². The Morgan fingerprint density at radius 3 is 2.88 bits per heavy atom. The van der Waals surface area contributed by atoms with E-state index in [4.69, 9.17) is 4.74 Å². The summed E-state index contributed by atoms with van der Waals surface area (Å²) < 4.78 is 6.32. The van der Waals surface area contributed by atoms with Crippen molar-refractivity contribution < 1.29 is 14.6 Å². The number of carbonyl (C=O) groups excluding carboxylic acids is 1. The van der Waals surface area contributed by atoms with Gasteiger partial charge in [-0.25, -0.2) is 9.78 Å². The number of fused-ring (bicyclic) bond motifs is 2. The zero-order valence-electron chi connectivity index (χ0n) is 13.8. The zero-order valence-corrected chi connectivity index (χ0v) is 13.8. The van der Waals surface area contributed by atoms with E-state index >= 15 is 0 Å². The lowest BCUT2D eigenvalue weighted by molar-refractivity contribution is 0.0521. The molecule has 0 atom stereocenters. The number of aromatic amines is 1. The van der Waals surface area contributed by atoms with E-state index in [0.717, 1.165) is 17.0 Å². The van der Waals surface area contributed by atoms with Crippen molar-refractivity contribution in [2.45, 2.75) is 6.92 Å². The van der Waals surface area contributed by atoms with E-state index in [-0.39, 0.29) is 29.1 Å². The van der Waals surface area contributed by atoms with Crippen molar-refractivity contribution in [1.29, 1.82) is 0 Å². The molecule has 0 spiro atoms. The van der Waals surface area contributed by atoms with Crippen LogP contribution in [0.15, 0.2) is 47.3 Å². The Kier molecular flexibility index (Phi) is 3.65. The molecule has 4 aromatic rings. The van der Waals surface area contributed by atoms with Gasteiger partial charge in [0.25, 0.3) is 5.56 Å². The van der Waals surface area contributed by atoms with Crippen molar-refractivity contribution in [3.63, 3.8) is 0 Å². The van der Waals surface area contributed by atoms with E-state index in [1.165, 1.54) is 4.68 Å². The highest BCUT2D eigenvalue weighted by Crippen LogP contribution is 2.27. The Bertz CT molecular complexity index is 1210. The maximum Gasteiger partial charge on any atom is 0.359 e. The molecule has 0 amide bonds. The number of esters is 1. The van der Waals surface area contributed by atoms with Gasteiger partial charge in [0.05, 0.1) is 17.5 Å². The lowest BCUT2D eigenvalue weighted by atomic mass is 10.2. The summed E-state index contributed by atoms with van der Waals surface area (Å²) in [4.78, 5) is 31.2. The molecule has 8 heteroatoms. The fraction of sp³-hybridized carbons (Fsp3) is 0.111. The number of nitrogens with zero attached hydrogens (tertiary/aromatic N) is 3. The van der Waals surface area contributed by atoms with E-state index in [1.807, 2.05) is 30.3 Å². The molecule has 8 nitrogen and oxygen atoms in total. The topological polar surface area (TPSA) is 110 Å². The summed E-state index contributed by atoms with van der Waals surface area (Å²) in [5.41, 5.74) is 0.285. The number of aromatic hydroxyl groups is 1. The van der Waals surface area contributed by atoms with Crippen LogP contribution in [0.25, 0.3) is 27.8 Å². The minimum atomic E-state index is -0.695. The van der Waals surface area contributed by atoms with Crippen LogP contribution in [0.2, 0.25) is 0 Å². The lowest BCUT2D eigenvalue weighted by Gasteiger charge is -2.04. The number of hydrogen-bond acceptors (Lipinski definition) is 6. The molecule has 0 aliphatic heterocycles. The van der Waals surface area contributed by atoms with Crippen LogP contribution in [0.5, 0.6) is 5.75 Å². The van der Waals surface area contributed by atoms with Crippen LogP contribution in [0, 0.1) is 0 Å². The van der Waals surface area contributed by atoms with Crippen LogP contribution in [0.4, 0.5) is 0 Å². The molecule has 130 valence electrons. The molecule has 0 unspecified atom stereocenters. The first-order valence-electron chi connectivity index (χ1n) is 7.97. The summed E-state index contributed by atoms with van der Waals surface area (Å²) in [7, 11) is 0. The number of H-pyrrole nitrogens is 1. The van der Waals surface area contributed by atoms with Crippen molar-refractivity contribution in [2.75, 3.05) is 6.61 Å². The Morgan fingerprint density at radius 2 is 2.08 bits per heavy atom. The summed E-state index contributed by atoms with van der Waals surface area (Å²) in [5, 5.41) is 15.5. The van der Waals surface area contributed by atoms with Crippen molar-refractivity contribution >= 4 is 27.9 Å². The van der Waals surface area contributed by atoms with Gasteiger partial charge in [0.2, 0.25) is 0 Å². The first-order valence-corrected chi connectivity index (χ1v) is 7.97. The second-order valence-electron chi connectivity index (χ2n) is 5.59. The van der Waals surface area contributed by atoms with E-state index in [1.54, 1.807) is 13.0 Å². The quantitative estimate of drug-likeness (QED) is 0.548. The number of aromatic nitrogens is 4. The first-order chi connectivity index (χ1) is 12.6. The van der Waals surface area contributed by atoms with E-state index in [0.29, 0.717) is 5.82 Å². The molecule has 0 aliphatic rings. The summed E-state index contributed by atoms with van der Waals surface area (Å²) >= 11 is 0. The number of para-hydroxylation sites is 1. The minimum absolute atomic E-state index is 0.0921. The van der Waals surface area contributed by atoms with Crippen molar-refractivity contribution in [3.8, 4) is 11.6 Å². The largest absolute Gasteiger partial charge is 0.507 e. The molecule has 4 rings (SSSR count). The second kappa shape index (κ2) is 5.99. The number of hydrogen-bond donors (Lipinski definition) is 2. The predicted octanol–water partition coefficient (Wildman–Crippen LogP) is 2.14. The highest BCUT2D eigenvalue weighted by atomic mass is 16.5. The Morgan fingerprint density at radius 1 is 1.27 bits per heavy atom. The summed E-state index contributed by atoms with van der Waals surface area (Å²) in [6.07, 6.45) is 0. The number of rotatable bonds is 3. The maximum atomic E-state index is 12.2. The maximum absolute atomic E-state index is 12.2. The molecule has 0 saturated heterocycles. The highest BCUT2D eigenvalue weighted by Gasteiger charge is 2.23. The van der Waals surface area contributed by atoms with Crippen LogP contribution in [0.1, 0.15) is 17.4 Å². The lowest BCUT2D eigenvalue weighted by Crippen LogP contribution is -2.08. The van der Waals surface area contributed by atoms with Gasteiger partial charge in [-0.2, -0.15) is 9.78 Å². The number of carbonyl (C=O) groups is 1. The van der Waals surface area contributed by atoms with Gasteiger partial charge < -0.3 is 14.8 Å². The summed E-state index contributed by atoms with van der Waals surface area (Å²) in [5.74, 6) is -0.649. The van der Waals surface area contributed by atoms with Gasteiger partial charge in [0, 0.05) is 11.5 Å². The zero-order chi connectivity index (χ0) is 18.3. The Balaban J connectivity index is 2.02. The molecule has 2 N–H and O–H groups in total. The third-order valence-corrected chi connectivity index (χ3v) is 3.92. The minimum Gasteiger partial charge on any atom is -0.507 e. The van der Waals surface area contributed by atoms with Gasteiger partial charge in [-0.15, -0.1) is 0 Å². The van der Waals surface area contributed by atoms with E-state index < -0.39 is 11.5 Å². The smallest absolute Gasteiger partial charge is 0.359 e. The van der Waals surface area contributed by atoms with Gasteiger partial charge >= 0.3 is 5.97 Å². The first kappa shape index (κ1) is 15.8. The van der Waals surface area contributed by atoms with Crippen molar-refractivity contribution in [2.24, 2.45) is 0 Å². The van der Waals surface area contributed by atoms with Gasteiger partial charge in [0.15, 0.2) is 11.5 Å². The number of nitrogens with one attached hydrogen (secondary N) is 1. The van der Waals surface area contributed by atoms with Crippen LogP contribution in [-0.4, -0.2) is 37.4 Å². The van der Waals surface area contributed by atoms with Gasteiger partial charge in [-0.05, 0) is 25.1 Å². The van der Waals surface area contributed by atoms with Gasteiger partial charge in [0.1, 0.15) is 11.4 Å². The SMILES string of the molecule is CCOC(=O)c1nn(-c2ccc3ccccc3n2)c2[nH]c(=O)cc(O)c12. The average molecular weight is 350 g/mol. The molecule has 0 radical (unpaired) electrons. The third-order valence-electron chi connectivity index (χ3n) is 3.92. The Labute approximate surface area is 146 Å². The molecule has 3 heterocycles. The normalized spacial score (nSPS) is 11.1. The molecule has 1 aromatic carbocycles. The molecule has 26 heavy (non-hydrogen) atoms. The van der Waals surface area contributed by atoms with Crippen LogP contribution < -0.4 is 5.56 Å². The number of pyridine rings is 2. The van der Waals surface area contributed by atoms with E-state index in [2.05, 4.69) is 15.1 Å². The molecule has 0 fully saturated rings. The molecule has 0 saturated carbocycles. The second-order valence-corrected chi connectivity index (χ2v) is 5.59. The van der Waals surface area contributed by atoms with Crippen molar-refractivity contribution in [1.82, 2.24) is 19.7 Å². The predicted molar refractivity (Wildman–Crippen MR) is 94.6 cm³/mol. The average Bonchev–Trinajstić information content (AvgIpc) is 3.01. The molecular formula is C18H14N4O4. The van der Waals surface area contributed by atoms with Gasteiger partial charge in [-0.3, -0.25) is 4.79 Å². The fourth-order valence-corrected chi connectivity index (χ4v) is 2.81. The highest BCUT2D eigenvalue weighted by molar-refractivity contribution is 6.04. The summed E-state index contributed by atoms with van der Waals surface area (Å²) in [6, 6.07) is 12.1. The fourth-order valence-electron chi connectivity index (χ4n) is 2.81. The van der Waals surface area contributed by atoms with Crippen LogP contribution >= 0.6 is 0 Å². The van der Waals surface area contributed by atoms with Crippen LogP contribution in [0.3, 0.4) is 0 Å². The van der Waals surface area contributed by atoms with Crippen LogP contribution in [-0.2, 0) is 4.74 Å². The third kappa shape index (κ3) is 2.48. The standard InChI is InChI=1S/C18H14N4O4/c1-2-26-18(25)16-15-12(23)9-14(24)20-17(15)22(21-16)13-8-7-10-5-3-4-6-11(10)19-13/h3-9H,2H2,1H3,(H2,20,23,24). The summed E-state index contributed by atoms with van der Waals surface area (Å²) in [6.45, 7) is 1.83. The molecule has 0 bridgehead atoms. The Hall–Kier alpha value is -3.68. The number of ether oxygens (including phenoxy) is 1. The molecule has 0 aliphatic carbocycles. The number of benzene rings is 1. The van der Waals surface area contributed by atoms with E-state index in [9.17, 15) is 14.7 Å². The monoisotopic (exact) mass is 350 g/mol.